The summed E-state index contributed by atoms with van der Waals surface area (Å²) in [6.45, 7) is 0.759. The third-order valence-corrected chi connectivity index (χ3v) is 4.91. The van der Waals surface area contributed by atoms with Gasteiger partial charge in [-0.15, -0.1) is 10.2 Å². The van der Waals surface area contributed by atoms with Gasteiger partial charge in [0.15, 0.2) is 0 Å². The van der Waals surface area contributed by atoms with E-state index in [4.69, 9.17) is 0 Å². The van der Waals surface area contributed by atoms with Crippen molar-refractivity contribution in [2.75, 3.05) is 0 Å². The van der Waals surface area contributed by atoms with E-state index in [0.29, 0.717) is 5.56 Å². The maximum atomic E-state index is 13.4. The lowest BCUT2D eigenvalue weighted by atomic mass is 9.96. The molecule has 0 spiro atoms. The molecule has 0 atom stereocenters. The molecule has 0 saturated carbocycles. The van der Waals surface area contributed by atoms with E-state index in [2.05, 4.69) is 28.4 Å². The first kappa shape index (κ1) is 14.2. The summed E-state index contributed by atoms with van der Waals surface area (Å²) in [6.07, 6.45) is 5.31. The first-order chi connectivity index (χ1) is 12.3. The fourth-order valence-electron chi connectivity index (χ4n) is 3.87. The minimum atomic E-state index is 0.0505. The highest BCUT2D eigenvalue weighted by molar-refractivity contribution is 5.96. The van der Waals surface area contributed by atoms with Gasteiger partial charge in [0.25, 0.3) is 5.56 Å². The summed E-state index contributed by atoms with van der Waals surface area (Å²) >= 11 is 0. The SMILES string of the molecule is O=c1c(-c2ccccc2)c(-n2cnnc2)c2cccc3c2n1CCC3. The molecule has 0 bridgehead atoms. The molecule has 0 amide bonds. The van der Waals surface area contributed by atoms with E-state index in [1.807, 2.05) is 39.5 Å². The highest BCUT2D eigenvalue weighted by Gasteiger charge is 2.23. The highest BCUT2D eigenvalue weighted by Crippen LogP contribution is 2.33. The molecular weight excluding hydrogens is 312 g/mol. The van der Waals surface area contributed by atoms with E-state index < -0.39 is 0 Å². The third kappa shape index (κ3) is 2.05. The summed E-state index contributed by atoms with van der Waals surface area (Å²) in [4.78, 5) is 13.4. The fourth-order valence-corrected chi connectivity index (χ4v) is 3.87. The average molecular weight is 328 g/mol. The molecule has 0 fully saturated rings. The van der Waals surface area contributed by atoms with Crippen LogP contribution in [-0.4, -0.2) is 19.3 Å². The molecule has 1 aliphatic rings. The van der Waals surface area contributed by atoms with Gasteiger partial charge < -0.3 is 4.57 Å². The standard InChI is InChI=1S/C20H16N4O/c25-20-17(14-6-2-1-3-7-14)19(23-12-21-22-13-23)16-10-4-8-15-9-5-11-24(20)18(15)16/h1-4,6-8,10,12-13H,5,9,11H2. The Morgan fingerprint density at radius 3 is 2.52 bits per heavy atom. The second-order valence-corrected chi connectivity index (χ2v) is 6.33. The van der Waals surface area contributed by atoms with Crippen LogP contribution in [0, 0.1) is 0 Å². The number of hydrogen-bond donors (Lipinski definition) is 0. The minimum Gasteiger partial charge on any atom is -0.307 e. The topological polar surface area (TPSA) is 52.7 Å². The van der Waals surface area contributed by atoms with Gasteiger partial charge >= 0.3 is 0 Å². The zero-order chi connectivity index (χ0) is 16.8. The minimum absolute atomic E-state index is 0.0505. The summed E-state index contributed by atoms with van der Waals surface area (Å²) < 4.78 is 3.78. The number of para-hydroxylation sites is 1. The number of rotatable bonds is 2. The fraction of sp³-hybridized carbons (Fsp3) is 0.150. The Morgan fingerprint density at radius 1 is 0.920 bits per heavy atom. The molecule has 5 heteroatoms. The molecule has 122 valence electrons. The van der Waals surface area contributed by atoms with Crippen LogP contribution >= 0.6 is 0 Å². The monoisotopic (exact) mass is 328 g/mol. The van der Waals surface area contributed by atoms with Crippen molar-refractivity contribution < 1.29 is 0 Å². The largest absolute Gasteiger partial charge is 0.307 e. The van der Waals surface area contributed by atoms with E-state index in [1.54, 1.807) is 12.7 Å². The smallest absolute Gasteiger partial charge is 0.261 e. The van der Waals surface area contributed by atoms with E-state index >= 15 is 0 Å². The van der Waals surface area contributed by atoms with E-state index in [-0.39, 0.29) is 5.56 Å². The quantitative estimate of drug-likeness (QED) is 0.568. The van der Waals surface area contributed by atoms with Crippen LogP contribution in [0.15, 0.2) is 66.0 Å². The summed E-state index contributed by atoms with van der Waals surface area (Å²) in [5.41, 5.74) is 4.80. The van der Waals surface area contributed by atoms with E-state index in [9.17, 15) is 4.79 Å². The Hall–Kier alpha value is -3.21. The van der Waals surface area contributed by atoms with Crippen LogP contribution < -0.4 is 5.56 Å². The molecule has 5 rings (SSSR count). The van der Waals surface area contributed by atoms with E-state index in [0.717, 1.165) is 41.5 Å². The van der Waals surface area contributed by atoms with Crippen molar-refractivity contribution in [3.63, 3.8) is 0 Å². The molecule has 0 saturated heterocycles. The zero-order valence-electron chi connectivity index (χ0n) is 13.6. The van der Waals surface area contributed by atoms with Crippen LogP contribution in [0.2, 0.25) is 0 Å². The van der Waals surface area contributed by atoms with Crippen LogP contribution in [0.3, 0.4) is 0 Å². The van der Waals surface area contributed by atoms with Gasteiger partial charge in [-0.1, -0.05) is 48.5 Å². The Kier molecular flexibility index (Phi) is 3.06. The maximum Gasteiger partial charge on any atom is 0.261 e. The number of benzene rings is 2. The Bertz CT molecular complexity index is 1130. The average Bonchev–Trinajstić information content (AvgIpc) is 3.19. The van der Waals surface area contributed by atoms with Crippen molar-refractivity contribution in [2.45, 2.75) is 19.4 Å². The van der Waals surface area contributed by atoms with Gasteiger partial charge in [0, 0.05) is 11.9 Å². The van der Waals surface area contributed by atoms with Crippen LogP contribution in [0.25, 0.3) is 27.7 Å². The molecule has 4 aromatic rings. The lowest BCUT2D eigenvalue weighted by Gasteiger charge is -2.23. The summed E-state index contributed by atoms with van der Waals surface area (Å²) in [5, 5.41) is 8.97. The van der Waals surface area contributed by atoms with Crippen LogP contribution in [0.5, 0.6) is 0 Å². The molecule has 25 heavy (non-hydrogen) atoms. The Labute approximate surface area is 144 Å². The molecule has 0 N–H and O–H groups in total. The van der Waals surface area contributed by atoms with Gasteiger partial charge in [0.1, 0.15) is 12.7 Å². The maximum absolute atomic E-state index is 13.4. The lowest BCUT2D eigenvalue weighted by Crippen LogP contribution is -2.27. The molecule has 2 aromatic carbocycles. The number of nitrogens with zero attached hydrogens (tertiary/aromatic N) is 4. The normalized spacial score (nSPS) is 13.3. The van der Waals surface area contributed by atoms with E-state index in [1.165, 1.54) is 5.56 Å². The summed E-state index contributed by atoms with van der Waals surface area (Å²) in [5.74, 6) is 0. The van der Waals surface area contributed by atoms with Crippen molar-refractivity contribution in [1.29, 1.82) is 0 Å². The van der Waals surface area contributed by atoms with Gasteiger partial charge in [-0.05, 0) is 24.0 Å². The number of hydrogen-bond acceptors (Lipinski definition) is 3. The predicted molar refractivity (Wildman–Crippen MR) is 96.9 cm³/mol. The number of aromatic nitrogens is 4. The van der Waals surface area contributed by atoms with Crippen molar-refractivity contribution in [1.82, 2.24) is 19.3 Å². The van der Waals surface area contributed by atoms with Crippen molar-refractivity contribution in [3.05, 3.63) is 77.1 Å². The highest BCUT2D eigenvalue weighted by atomic mass is 16.1. The second-order valence-electron chi connectivity index (χ2n) is 6.33. The molecule has 2 aromatic heterocycles. The Morgan fingerprint density at radius 2 is 1.72 bits per heavy atom. The van der Waals surface area contributed by atoms with Gasteiger partial charge in [-0.25, -0.2) is 0 Å². The molecule has 0 radical (unpaired) electrons. The van der Waals surface area contributed by atoms with Gasteiger partial charge in [-0.3, -0.25) is 9.36 Å². The number of aryl methyl sites for hydroxylation is 2. The van der Waals surface area contributed by atoms with Crippen LogP contribution in [0.1, 0.15) is 12.0 Å². The zero-order valence-corrected chi connectivity index (χ0v) is 13.6. The summed E-state index contributed by atoms with van der Waals surface area (Å²) in [6, 6.07) is 16.1. The van der Waals surface area contributed by atoms with Gasteiger partial charge in [-0.2, -0.15) is 0 Å². The third-order valence-electron chi connectivity index (χ3n) is 4.91. The molecule has 0 unspecified atom stereocenters. The van der Waals surface area contributed by atoms with Crippen molar-refractivity contribution in [2.24, 2.45) is 0 Å². The number of pyridine rings is 1. The molecule has 1 aliphatic heterocycles. The predicted octanol–water partition coefficient (Wildman–Crippen LogP) is 3.20. The van der Waals surface area contributed by atoms with Crippen molar-refractivity contribution in [3.8, 4) is 16.8 Å². The second kappa shape index (κ2) is 5.41. The molecule has 5 nitrogen and oxygen atoms in total. The summed E-state index contributed by atoms with van der Waals surface area (Å²) in [7, 11) is 0. The Balaban J connectivity index is 2.02. The van der Waals surface area contributed by atoms with Gasteiger partial charge in [0.2, 0.25) is 0 Å². The first-order valence-corrected chi connectivity index (χ1v) is 8.43. The van der Waals surface area contributed by atoms with Crippen LogP contribution in [0.4, 0.5) is 0 Å². The molecule has 0 aliphatic carbocycles. The molecule has 3 heterocycles. The van der Waals surface area contributed by atoms with Gasteiger partial charge in [0.05, 0.1) is 16.8 Å². The lowest BCUT2D eigenvalue weighted by molar-refractivity contribution is 0.616. The molecular formula is C20H16N4O. The van der Waals surface area contributed by atoms with Crippen molar-refractivity contribution >= 4 is 10.9 Å². The van der Waals surface area contributed by atoms with Crippen LogP contribution in [-0.2, 0) is 13.0 Å². The first-order valence-electron chi connectivity index (χ1n) is 8.43.